The maximum Gasteiger partial charge on any atom is 0.237 e. The molecule has 1 aliphatic heterocycles. The zero-order valence-corrected chi connectivity index (χ0v) is 14.7. The zero-order chi connectivity index (χ0) is 16.8. The van der Waals surface area contributed by atoms with Crippen molar-refractivity contribution in [2.75, 3.05) is 37.6 Å². The topological polar surface area (TPSA) is 61.4 Å². The number of carbonyl (C=O) groups excluding carboxylic acids is 1. The maximum absolute atomic E-state index is 12.3. The largest absolute Gasteiger partial charge is 0.354 e. The van der Waals surface area contributed by atoms with Crippen LogP contribution in [0.15, 0.2) is 36.0 Å². The summed E-state index contributed by atoms with van der Waals surface area (Å²) in [5, 5.41) is 5.11. The molecule has 0 aliphatic carbocycles. The molecule has 0 aromatic carbocycles. The van der Waals surface area contributed by atoms with Gasteiger partial charge in [0.05, 0.1) is 6.04 Å². The Labute approximate surface area is 146 Å². The number of thiophene rings is 1. The lowest BCUT2D eigenvalue weighted by Crippen LogP contribution is -2.54. The summed E-state index contributed by atoms with van der Waals surface area (Å²) in [6.07, 6.45) is 4.42. The number of hydrogen-bond acceptors (Lipinski definition) is 6. The van der Waals surface area contributed by atoms with Gasteiger partial charge in [0.1, 0.15) is 0 Å². The summed E-state index contributed by atoms with van der Waals surface area (Å²) in [6, 6.07) is 5.86. The van der Waals surface area contributed by atoms with Gasteiger partial charge in [0.25, 0.3) is 0 Å². The molecule has 0 bridgehead atoms. The highest BCUT2D eigenvalue weighted by Gasteiger charge is 2.26. The molecule has 0 saturated carbocycles. The fourth-order valence-corrected chi connectivity index (χ4v) is 3.55. The fourth-order valence-electron chi connectivity index (χ4n) is 2.84. The highest BCUT2D eigenvalue weighted by molar-refractivity contribution is 7.09. The van der Waals surface area contributed by atoms with Crippen LogP contribution in [0.1, 0.15) is 11.8 Å². The van der Waals surface area contributed by atoms with Gasteiger partial charge in [0, 0.05) is 50.0 Å². The van der Waals surface area contributed by atoms with Crippen molar-refractivity contribution in [1.29, 1.82) is 0 Å². The summed E-state index contributed by atoms with van der Waals surface area (Å²) < 4.78 is 0. The Kier molecular flexibility index (Phi) is 5.77. The third-order valence-corrected chi connectivity index (χ3v) is 5.26. The summed E-state index contributed by atoms with van der Waals surface area (Å²) >= 11 is 1.73. The SMILES string of the molecule is CC(C(=O)NCCc1cccs1)N1CCN(c2ncccn2)CC1. The summed E-state index contributed by atoms with van der Waals surface area (Å²) in [7, 11) is 0. The molecule has 3 heterocycles. The van der Waals surface area contributed by atoms with E-state index in [9.17, 15) is 4.79 Å². The van der Waals surface area contributed by atoms with Gasteiger partial charge in [-0.15, -0.1) is 11.3 Å². The van der Waals surface area contributed by atoms with E-state index in [1.54, 1.807) is 23.7 Å². The lowest BCUT2D eigenvalue weighted by atomic mass is 10.2. The van der Waals surface area contributed by atoms with Crippen molar-refractivity contribution in [2.45, 2.75) is 19.4 Å². The second-order valence-electron chi connectivity index (χ2n) is 5.87. The van der Waals surface area contributed by atoms with Gasteiger partial charge in [-0.25, -0.2) is 9.97 Å². The third-order valence-electron chi connectivity index (χ3n) is 4.33. The zero-order valence-electron chi connectivity index (χ0n) is 13.9. The molecule has 6 nitrogen and oxygen atoms in total. The minimum absolute atomic E-state index is 0.104. The Morgan fingerprint density at radius 1 is 1.25 bits per heavy atom. The molecule has 1 atom stereocenters. The molecule has 2 aromatic rings. The van der Waals surface area contributed by atoms with E-state index in [1.165, 1.54) is 4.88 Å². The van der Waals surface area contributed by atoms with Crippen molar-refractivity contribution in [1.82, 2.24) is 20.2 Å². The van der Waals surface area contributed by atoms with Crippen LogP contribution in [0.25, 0.3) is 0 Å². The van der Waals surface area contributed by atoms with E-state index in [-0.39, 0.29) is 11.9 Å². The lowest BCUT2D eigenvalue weighted by Gasteiger charge is -2.37. The second kappa shape index (κ2) is 8.21. The van der Waals surface area contributed by atoms with Crippen molar-refractivity contribution in [2.24, 2.45) is 0 Å². The molecule has 1 fully saturated rings. The van der Waals surface area contributed by atoms with Gasteiger partial charge in [-0.1, -0.05) is 6.07 Å². The molecule has 3 rings (SSSR count). The highest BCUT2D eigenvalue weighted by Crippen LogP contribution is 2.12. The van der Waals surface area contributed by atoms with Crippen LogP contribution >= 0.6 is 11.3 Å². The van der Waals surface area contributed by atoms with Gasteiger partial charge in [-0.05, 0) is 30.9 Å². The molecule has 1 unspecified atom stereocenters. The van der Waals surface area contributed by atoms with E-state index in [4.69, 9.17) is 0 Å². The second-order valence-corrected chi connectivity index (χ2v) is 6.90. The molecular formula is C17H23N5OS. The van der Waals surface area contributed by atoms with Crippen LogP contribution in [0.5, 0.6) is 0 Å². The van der Waals surface area contributed by atoms with Gasteiger partial charge in [-0.2, -0.15) is 0 Å². The normalized spacial score (nSPS) is 16.8. The number of aromatic nitrogens is 2. The van der Waals surface area contributed by atoms with Crippen LogP contribution in [-0.4, -0.2) is 59.5 Å². The summed E-state index contributed by atoms with van der Waals surface area (Å²) in [5.41, 5.74) is 0. The molecule has 128 valence electrons. The Balaban J connectivity index is 1.42. The smallest absolute Gasteiger partial charge is 0.237 e. The van der Waals surface area contributed by atoms with E-state index in [1.807, 2.05) is 19.1 Å². The van der Waals surface area contributed by atoms with Gasteiger partial charge in [0.2, 0.25) is 11.9 Å². The Morgan fingerprint density at radius 3 is 2.67 bits per heavy atom. The summed E-state index contributed by atoms with van der Waals surface area (Å²) in [5.74, 6) is 0.876. The molecular weight excluding hydrogens is 322 g/mol. The molecule has 1 saturated heterocycles. The number of hydrogen-bond donors (Lipinski definition) is 1. The quantitative estimate of drug-likeness (QED) is 0.858. The molecule has 1 N–H and O–H groups in total. The number of anilines is 1. The van der Waals surface area contributed by atoms with Crippen LogP contribution < -0.4 is 10.2 Å². The van der Waals surface area contributed by atoms with Crippen molar-refractivity contribution in [3.63, 3.8) is 0 Å². The van der Waals surface area contributed by atoms with Gasteiger partial charge in [-0.3, -0.25) is 9.69 Å². The molecule has 7 heteroatoms. The van der Waals surface area contributed by atoms with Crippen molar-refractivity contribution >= 4 is 23.2 Å². The molecule has 1 amide bonds. The molecule has 24 heavy (non-hydrogen) atoms. The number of rotatable bonds is 6. The standard InChI is InChI=1S/C17H23N5OS/c1-14(16(23)18-8-5-15-4-2-13-24-15)21-9-11-22(12-10-21)17-19-6-3-7-20-17/h2-4,6-7,13-14H,5,8-12H2,1H3,(H,18,23). The molecule has 2 aromatic heterocycles. The Bertz CT molecular complexity index is 626. The number of nitrogens with zero attached hydrogens (tertiary/aromatic N) is 4. The molecule has 0 radical (unpaired) electrons. The van der Waals surface area contributed by atoms with E-state index in [2.05, 4.69) is 36.5 Å². The van der Waals surface area contributed by atoms with Crippen molar-refractivity contribution < 1.29 is 4.79 Å². The minimum atomic E-state index is -0.104. The average Bonchev–Trinajstić information content (AvgIpc) is 3.15. The summed E-state index contributed by atoms with van der Waals surface area (Å²) in [6.45, 7) is 6.06. The first-order chi connectivity index (χ1) is 11.7. The highest BCUT2D eigenvalue weighted by atomic mass is 32.1. The van der Waals surface area contributed by atoms with E-state index < -0.39 is 0 Å². The number of carbonyl (C=O) groups is 1. The van der Waals surface area contributed by atoms with Gasteiger partial charge in [0.15, 0.2) is 0 Å². The van der Waals surface area contributed by atoms with Crippen molar-refractivity contribution in [3.8, 4) is 0 Å². The van der Waals surface area contributed by atoms with Crippen LogP contribution in [-0.2, 0) is 11.2 Å². The fraction of sp³-hybridized carbons (Fsp3) is 0.471. The average molecular weight is 345 g/mol. The third kappa shape index (κ3) is 4.30. The lowest BCUT2D eigenvalue weighted by molar-refractivity contribution is -0.125. The van der Waals surface area contributed by atoms with Gasteiger partial charge >= 0.3 is 0 Å². The van der Waals surface area contributed by atoms with Crippen LogP contribution in [0.4, 0.5) is 5.95 Å². The van der Waals surface area contributed by atoms with Gasteiger partial charge < -0.3 is 10.2 Å². The minimum Gasteiger partial charge on any atom is -0.354 e. The first-order valence-electron chi connectivity index (χ1n) is 8.30. The first-order valence-corrected chi connectivity index (χ1v) is 9.18. The van der Waals surface area contributed by atoms with Crippen LogP contribution in [0, 0.1) is 0 Å². The molecule has 0 spiro atoms. The summed E-state index contributed by atoms with van der Waals surface area (Å²) in [4.78, 5) is 26.6. The van der Waals surface area contributed by atoms with E-state index >= 15 is 0 Å². The number of amides is 1. The maximum atomic E-state index is 12.3. The van der Waals surface area contributed by atoms with E-state index in [0.29, 0.717) is 6.54 Å². The molecule has 1 aliphatic rings. The van der Waals surface area contributed by atoms with Crippen molar-refractivity contribution in [3.05, 3.63) is 40.8 Å². The number of nitrogens with one attached hydrogen (secondary N) is 1. The van der Waals surface area contributed by atoms with E-state index in [0.717, 1.165) is 38.5 Å². The number of piperazine rings is 1. The predicted molar refractivity (Wildman–Crippen MR) is 96.3 cm³/mol. The van der Waals surface area contributed by atoms with Crippen LogP contribution in [0.3, 0.4) is 0 Å². The predicted octanol–water partition coefficient (Wildman–Crippen LogP) is 1.41. The Morgan fingerprint density at radius 2 is 2.00 bits per heavy atom. The van der Waals surface area contributed by atoms with Crippen LogP contribution in [0.2, 0.25) is 0 Å². The monoisotopic (exact) mass is 345 g/mol. The Hall–Kier alpha value is -1.99. The first kappa shape index (κ1) is 16.9.